The number of allylic oxidation sites excluding steroid dienone is 1. The molecule has 3 aromatic carbocycles. The lowest BCUT2D eigenvalue weighted by Crippen LogP contribution is -2.45. The Morgan fingerprint density at radius 3 is 2.24 bits per heavy atom. The lowest BCUT2D eigenvalue weighted by molar-refractivity contribution is -0.170. The highest BCUT2D eigenvalue weighted by atomic mass is 19.4. The summed E-state index contributed by atoms with van der Waals surface area (Å²) in [7, 11) is 1.57. The number of benzene rings is 3. The topological polar surface area (TPSA) is 58.6 Å². The molecular weight excluding hydrogens is 481 g/mol. The molecule has 190 valence electrons. The predicted octanol–water partition coefficient (Wildman–Crippen LogP) is 6.47. The summed E-state index contributed by atoms with van der Waals surface area (Å²) in [5.41, 5.74) is 3.38. The average molecular weight is 507 g/mol. The maximum absolute atomic E-state index is 14.0. The number of hydrogen-bond acceptors (Lipinski definition) is 4. The first-order valence-electron chi connectivity index (χ1n) is 11.9. The Hall–Kier alpha value is -4.07. The fourth-order valence-electron chi connectivity index (χ4n) is 5.13. The van der Waals surface area contributed by atoms with Crippen molar-refractivity contribution in [2.75, 3.05) is 17.3 Å². The van der Waals surface area contributed by atoms with Gasteiger partial charge in [-0.25, -0.2) is 0 Å². The quantitative estimate of drug-likeness (QED) is 0.443. The first kappa shape index (κ1) is 24.6. The molecule has 2 unspecified atom stereocenters. The molecule has 1 aliphatic heterocycles. The Labute approximate surface area is 212 Å². The Balaban J connectivity index is 1.70. The van der Waals surface area contributed by atoms with Crippen molar-refractivity contribution in [3.63, 3.8) is 0 Å². The van der Waals surface area contributed by atoms with Crippen molar-refractivity contribution in [3.05, 3.63) is 101 Å². The van der Waals surface area contributed by atoms with Crippen LogP contribution in [0.2, 0.25) is 0 Å². The number of para-hydroxylation sites is 2. The zero-order valence-electron chi connectivity index (χ0n) is 20.3. The summed E-state index contributed by atoms with van der Waals surface area (Å²) >= 11 is 0. The van der Waals surface area contributed by atoms with Crippen molar-refractivity contribution in [2.24, 2.45) is 0 Å². The predicted molar refractivity (Wildman–Crippen MR) is 135 cm³/mol. The Morgan fingerprint density at radius 2 is 1.59 bits per heavy atom. The van der Waals surface area contributed by atoms with E-state index in [1.807, 2.05) is 31.2 Å². The van der Waals surface area contributed by atoms with Gasteiger partial charge in [0.15, 0.2) is 5.78 Å². The van der Waals surface area contributed by atoms with Gasteiger partial charge in [0, 0.05) is 17.7 Å². The molecule has 0 fully saturated rings. The van der Waals surface area contributed by atoms with Crippen LogP contribution in [-0.4, -0.2) is 25.0 Å². The van der Waals surface area contributed by atoms with Crippen LogP contribution in [0, 0.1) is 6.92 Å². The van der Waals surface area contributed by atoms with Gasteiger partial charge in [0.1, 0.15) is 5.75 Å². The highest BCUT2D eigenvalue weighted by Gasteiger charge is 2.49. The van der Waals surface area contributed by atoms with Gasteiger partial charge in [0.25, 0.3) is 0 Å². The van der Waals surface area contributed by atoms with E-state index in [0.29, 0.717) is 29.1 Å². The minimum absolute atomic E-state index is 0.0681. The maximum atomic E-state index is 14.0. The van der Waals surface area contributed by atoms with Crippen molar-refractivity contribution < 1.29 is 27.5 Å². The zero-order chi connectivity index (χ0) is 26.3. The monoisotopic (exact) mass is 506 g/mol. The van der Waals surface area contributed by atoms with Gasteiger partial charge in [-0.1, -0.05) is 54.1 Å². The van der Waals surface area contributed by atoms with Gasteiger partial charge < -0.3 is 10.1 Å². The van der Waals surface area contributed by atoms with E-state index in [0.717, 1.165) is 16.0 Å². The van der Waals surface area contributed by atoms with Gasteiger partial charge in [0.05, 0.1) is 24.5 Å². The number of nitrogens with zero attached hydrogens (tertiary/aromatic N) is 1. The highest BCUT2D eigenvalue weighted by molar-refractivity contribution is 6.07. The first-order valence-corrected chi connectivity index (χ1v) is 11.9. The average Bonchev–Trinajstić information content (AvgIpc) is 3.03. The smallest absolute Gasteiger partial charge is 0.471 e. The molecule has 2 atom stereocenters. The molecular formula is C29H25F3N2O3. The van der Waals surface area contributed by atoms with Crippen LogP contribution in [0.4, 0.5) is 24.5 Å². The Bertz CT molecular complexity index is 1380. The number of ketones is 1. The second kappa shape index (κ2) is 9.42. The van der Waals surface area contributed by atoms with Gasteiger partial charge in [-0.3, -0.25) is 14.5 Å². The number of fused-ring (bicyclic) bond motifs is 1. The van der Waals surface area contributed by atoms with Gasteiger partial charge >= 0.3 is 12.1 Å². The van der Waals surface area contributed by atoms with E-state index in [1.165, 1.54) is 6.07 Å². The fourth-order valence-corrected chi connectivity index (χ4v) is 5.13. The van der Waals surface area contributed by atoms with E-state index in [4.69, 9.17) is 4.74 Å². The summed E-state index contributed by atoms with van der Waals surface area (Å²) in [6.07, 6.45) is -4.62. The third kappa shape index (κ3) is 4.59. The van der Waals surface area contributed by atoms with Crippen LogP contribution in [0.3, 0.4) is 0 Å². The van der Waals surface area contributed by atoms with Gasteiger partial charge in [-0.05, 0) is 54.7 Å². The van der Waals surface area contributed by atoms with Crippen LogP contribution < -0.4 is 15.0 Å². The van der Waals surface area contributed by atoms with Crippen LogP contribution in [0.15, 0.2) is 84.1 Å². The molecule has 0 saturated carbocycles. The number of nitrogens with one attached hydrogen (secondary N) is 1. The van der Waals surface area contributed by atoms with E-state index in [9.17, 15) is 22.8 Å². The van der Waals surface area contributed by atoms with Crippen molar-refractivity contribution in [1.82, 2.24) is 0 Å². The van der Waals surface area contributed by atoms with Gasteiger partial charge in [-0.2, -0.15) is 13.2 Å². The molecule has 8 heteroatoms. The molecule has 1 heterocycles. The first-order chi connectivity index (χ1) is 17.7. The number of halogens is 3. The van der Waals surface area contributed by atoms with Crippen LogP contribution in [0.5, 0.6) is 5.75 Å². The number of alkyl halides is 3. The number of carbonyl (C=O) groups is 2. The second-order valence-electron chi connectivity index (χ2n) is 9.32. The minimum atomic E-state index is -5.13. The van der Waals surface area contributed by atoms with Crippen LogP contribution in [0.1, 0.15) is 41.5 Å². The van der Waals surface area contributed by atoms with Gasteiger partial charge in [0.2, 0.25) is 0 Å². The molecule has 1 amide bonds. The summed E-state index contributed by atoms with van der Waals surface area (Å²) in [5.74, 6) is -1.81. The molecule has 1 N–H and O–H groups in total. The standard InChI is InChI=1S/C29H25F3N2O3/c1-17-7-9-19(10-8-17)27-26-23(15-20(16-25(26)35)18-11-13-21(37-2)14-12-18)33-22-5-3-4-6-24(22)34(27)28(36)29(30,31)32/h3-14,20,27,33H,15-16H2,1-2H3. The van der Waals surface area contributed by atoms with Crippen molar-refractivity contribution >= 4 is 23.1 Å². The molecule has 1 aliphatic carbocycles. The van der Waals surface area contributed by atoms with Gasteiger partial charge in [-0.15, -0.1) is 0 Å². The molecule has 5 nitrogen and oxygen atoms in total. The summed E-state index contributed by atoms with van der Waals surface area (Å²) in [6.45, 7) is 1.86. The summed E-state index contributed by atoms with van der Waals surface area (Å²) < 4.78 is 47.1. The number of carbonyl (C=O) groups excluding carboxylic acids is 2. The fraction of sp³-hybridized carbons (Fsp3) is 0.241. The number of methoxy groups -OCH3 is 1. The third-order valence-electron chi connectivity index (χ3n) is 6.93. The number of hydrogen-bond donors (Lipinski definition) is 1. The van der Waals surface area contributed by atoms with E-state index < -0.39 is 18.1 Å². The molecule has 5 rings (SSSR count). The number of amides is 1. The largest absolute Gasteiger partial charge is 0.497 e. The minimum Gasteiger partial charge on any atom is -0.497 e. The molecule has 37 heavy (non-hydrogen) atoms. The molecule has 3 aromatic rings. The second-order valence-corrected chi connectivity index (χ2v) is 9.32. The third-order valence-corrected chi connectivity index (χ3v) is 6.93. The summed E-state index contributed by atoms with van der Waals surface area (Å²) in [4.78, 5) is 27.4. The number of aryl methyl sites for hydroxylation is 1. The Morgan fingerprint density at radius 1 is 0.946 bits per heavy atom. The SMILES string of the molecule is COc1ccc(C2CC(=O)C3=C(C2)Nc2ccccc2N(C(=O)C(F)(F)F)C3c2ccc(C)cc2)cc1. The zero-order valence-corrected chi connectivity index (χ0v) is 20.3. The van der Waals surface area contributed by atoms with E-state index in [2.05, 4.69) is 5.32 Å². The number of rotatable bonds is 3. The Kier molecular flexibility index (Phi) is 6.27. The lowest BCUT2D eigenvalue weighted by Gasteiger charge is -2.35. The number of ether oxygens (including phenoxy) is 1. The van der Waals surface area contributed by atoms with Crippen LogP contribution >= 0.6 is 0 Å². The van der Waals surface area contributed by atoms with E-state index in [-0.39, 0.29) is 29.4 Å². The molecule has 0 aromatic heterocycles. The molecule has 0 spiro atoms. The lowest BCUT2D eigenvalue weighted by atomic mass is 9.78. The normalized spacial score (nSPS) is 19.5. The van der Waals surface area contributed by atoms with Crippen molar-refractivity contribution in [3.8, 4) is 5.75 Å². The van der Waals surface area contributed by atoms with Crippen LogP contribution in [0.25, 0.3) is 0 Å². The van der Waals surface area contributed by atoms with Crippen molar-refractivity contribution in [2.45, 2.75) is 37.9 Å². The van der Waals surface area contributed by atoms with Crippen LogP contribution in [-0.2, 0) is 9.59 Å². The highest BCUT2D eigenvalue weighted by Crippen LogP contribution is 2.48. The summed E-state index contributed by atoms with van der Waals surface area (Å²) in [6, 6.07) is 19.4. The number of anilines is 2. The maximum Gasteiger partial charge on any atom is 0.471 e. The summed E-state index contributed by atoms with van der Waals surface area (Å²) in [5, 5.41) is 3.23. The number of Topliss-reactive ketones (excluding diaryl/α,β-unsaturated/α-hetero) is 1. The molecule has 0 radical (unpaired) electrons. The van der Waals surface area contributed by atoms with Crippen molar-refractivity contribution in [1.29, 1.82) is 0 Å². The molecule has 0 saturated heterocycles. The molecule has 2 aliphatic rings. The van der Waals surface area contributed by atoms with E-state index in [1.54, 1.807) is 49.6 Å². The van der Waals surface area contributed by atoms with E-state index >= 15 is 0 Å². The molecule has 0 bridgehead atoms.